The van der Waals surface area contributed by atoms with Gasteiger partial charge in [0.1, 0.15) is 0 Å². The Morgan fingerprint density at radius 3 is 2.86 bits per heavy atom. The molecule has 1 aliphatic rings. The average Bonchev–Trinajstić information content (AvgIpc) is 2.80. The summed E-state index contributed by atoms with van der Waals surface area (Å²) < 4.78 is 28.1. The molecule has 0 spiro atoms. The summed E-state index contributed by atoms with van der Waals surface area (Å²) in [5.41, 5.74) is 5.30. The van der Waals surface area contributed by atoms with Crippen LogP contribution in [0.3, 0.4) is 0 Å². The summed E-state index contributed by atoms with van der Waals surface area (Å²) in [6.45, 7) is 2.31. The van der Waals surface area contributed by atoms with E-state index >= 15 is 0 Å². The average molecular weight is 300 g/mol. The van der Waals surface area contributed by atoms with Crippen molar-refractivity contribution in [2.45, 2.75) is 45.1 Å². The molecule has 1 fully saturated rings. The van der Waals surface area contributed by atoms with Crippen LogP contribution in [0.2, 0.25) is 0 Å². The molecule has 0 saturated heterocycles. The Bertz CT molecular complexity index is 556. The maximum Gasteiger partial charge on any atom is 0.271 e. The van der Waals surface area contributed by atoms with Crippen LogP contribution in [-0.4, -0.2) is 27.5 Å². The van der Waals surface area contributed by atoms with Crippen molar-refractivity contribution in [1.29, 1.82) is 0 Å². The second-order valence-corrected chi connectivity index (χ2v) is 5.25. The van der Waals surface area contributed by atoms with Crippen molar-refractivity contribution in [3.8, 4) is 0 Å². The van der Waals surface area contributed by atoms with E-state index in [1.807, 2.05) is 6.92 Å². The van der Waals surface area contributed by atoms with Crippen LogP contribution in [0.15, 0.2) is 6.20 Å². The first kappa shape index (κ1) is 15.4. The third-order valence-electron chi connectivity index (χ3n) is 3.59. The van der Waals surface area contributed by atoms with E-state index in [1.54, 1.807) is 0 Å². The summed E-state index contributed by atoms with van der Waals surface area (Å²) in [5.74, 6) is -4.86. The van der Waals surface area contributed by atoms with Gasteiger partial charge in [-0.25, -0.2) is 8.78 Å². The molecular formula is C13H18F2N4O2. The fraction of sp³-hybridized carbons (Fsp3) is 0.615. The van der Waals surface area contributed by atoms with Crippen molar-refractivity contribution in [3.05, 3.63) is 11.9 Å². The third kappa shape index (κ3) is 3.56. The number of aryl methyl sites for hydroxylation is 1. The van der Waals surface area contributed by atoms with Gasteiger partial charge in [-0.05, 0) is 19.8 Å². The van der Waals surface area contributed by atoms with Crippen LogP contribution in [0.25, 0.3) is 0 Å². The molecule has 116 valence electrons. The molecule has 3 N–H and O–H groups in total. The largest absolute Gasteiger partial charge is 0.364 e. The van der Waals surface area contributed by atoms with Gasteiger partial charge in [0.25, 0.3) is 5.91 Å². The minimum absolute atomic E-state index is 0.0623. The number of carbonyl (C=O) groups is 2. The molecule has 6 nitrogen and oxygen atoms in total. The fourth-order valence-corrected chi connectivity index (χ4v) is 2.49. The van der Waals surface area contributed by atoms with E-state index < -0.39 is 30.1 Å². The van der Waals surface area contributed by atoms with Crippen molar-refractivity contribution in [3.63, 3.8) is 0 Å². The highest BCUT2D eigenvalue weighted by Gasteiger charge is 2.39. The number of aromatic nitrogens is 2. The molecule has 2 rings (SSSR count). The Balaban J connectivity index is 2.12. The SMILES string of the molecule is CCn1cc(NC(=O)C2CCCC(F)(F)C2)c(C(N)=O)n1. The summed E-state index contributed by atoms with van der Waals surface area (Å²) in [4.78, 5) is 23.4. The zero-order valence-electron chi connectivity index (χ0n) is 11.7. The summed E-state index contributed by atoms with van der Waals surface area (Å²) in [7, 11) is 0. The van der Waals surface area contributed by atoms with Crippen LogP contribution in [0.1, 0.15) is 43.1 Å². The summed E-state index contributed by atoms with van der Waals surface area (Å²) in [6, 6.07) is 0. The first-order valence-corrected chi connectivity index (χ1v) is 6.88. The van der Waals surface area contributed by atoms with Gasteiger partial charge < -0.3 is 11.1 Å². The van der Waals surface area contributed by atoms with Gasteiger partial charge in [0.15, 0.2) is 5.69 Å². The first-order valence-electron chi connectivity index (χ1n) is 6.88. The molecule has 8 heteroatoms. The molecule has 0 aliphatic heterocycles. The van der Waals surface area contributed by atoms with Crippen LogP contribution in [0, 0.1) is 5.92 Å². The monoisotopic (exact) mass is 300 g/mol. The van der Waals surface area contributed by atoms with Gasteiger partial charge in [0.2, 0.25) is 11.8 Å². The number of halogens is 2. The topological polar surface area (TPSA) is 90.0 Å². The molecule has 1 aliphatic carbocycles. The molecule has 1 unspecified atom stereocenters. The van der Waals surface area contributed by atoms with Crippen molar-refractivity contribution in [1.82, 2.24) is 9.78 Å². The van der Waals surface area contributed by atoms with E-state index in [4.69, 9.17) is 5.73 Å². The summed E-state index contributed by atoms with van der Waals surface area (Å²) in [5, 5.41) is 6.43. The van der Waals surface area contributed by atoms with Crippen molar-refractivity contribution < 1.29 is 18.4 Å². The maximum atomic E-state index is 13.3. The van der Waals surface area contributed by atoms with Gasteiger partial charge in [-0.1, -0.05) is 0 Å². The van der Waals surface area contributed by atoms with Gasteiger partial charge in [-0.3, -0.25) is 14.3 Å². The number of anilines is 1. The number of hydrogen-bond donors (Lipinski definition) is 2. The molecule has 1 aromatic heterocycles. The lowest BCUT2D eigenvalue weighted by Crippen LogP contribution is -2.34. The van der Waals surface area contributed by atoms with Gasteiger partial charge in [-0.15, -0.1) is 0 Å². The molecule has 1 saturated carbocycles. The highest BCUT2D eigenvalue weighted by Crippen LogP contribution is 2.37. The minimum Gasteiger partial charge on any atom is -0.364 e. The smallest absolute Gasteiger partial charge is 0.271 e. The molecule has 0 bridgehead atoms. The first-order chi connectivity index (χ1) is 9.82. The second kappa shape index (κ2) is 5.79. The molecule has 2 amide bonds. The maximum absolute atomic E-state index is 13.3. The fourth-order valence-electron chi connectivity index (χ4n) is 2.49. The molecule has 1 aromatic rings. The highest BCUT2D eigenvalue weighted by atomic mass is 19.3. The van der Waals surface area contributed by atoms with E-state index in [0.717, 1.165) is 0 Å². The van der Waals surface area contributed by atoms with E-state index in [0.29, 0.717) is 19.4 Å². The van der Waals surface area contributed by atoms with Gasteiger partial charge in [0.05, 0.1) is 5.69 Å². The van der Waals surface area contributed by atoms with E-state index in [-0.39, 0.29) is 17.8 Å². The minimum atomic E-state index is -2.81. The molecule has 0 radical (unpaired) electrons. The summed E-state index contributed by atoms with van der Waals surface area (Å²) >= 11 is 0. The van der Waals surface area contributed by atoms with Crippen molar-refractivity contribution in [2.75, 3.05) is 5.32 Å². The number of amides is 2. The van der Waals surface area contributed by atoms with Crippen LogP contribution in [-0.2, 0) is 11.3 Å². The number of nitrogens with two attached hydrogens (primary N) is 1. The number of carbonyl (C=O) groups excluding carboxylic acids is 2. The van der Waals surface area contributed by atoms with Crippen LogP contribution >= 0.6 is 0 Å². The number of rotatable bonds is 4. The van der Waals surface area contributed by atoms with E-state index in [1.165, 1.54) is 10.9 Å². The number of alkyl halides is 2. The molecule has 1 heterocycles. The molecule has 0 aromatic carbocycles. The Hall–Kier alpha value is -1.99. The third-order valence-corrected chi connectivity index (χ3v) is 3.59. The van der Waals surface area contributed by atoms with Gasteiger partial charge >= 0.3 is 0 Å². The number of nitrogens with one attached hydrogen (secondary N) is 1. The second-order valence-electron chi connectivity index (χ2n) is 5.25. The lowest BCUT2D eigenvalue weighted by molar-refractivity contribution is -0.127. The molecule has 21 heavy (non-hydrogen) atoms. The standard InChI is InChI=1S/C13H18F2N4O2/c1-2-19-7-9(10(18-19)11(16)20)17-12(21)8-4-3-5-13(14,15)6-8/h7-8H,2-6H2,1H3,(H2,16,20)(H,17,21). The van der Waals surface area contributed by atoms with Gasteiger partial charge in [-0.2, -0.15) is 5.10 Å². The zero-order chi connectivity index (χ0) is 15.6. The predicted molar refractivity (Wildman–Crippen MR) is 72.0 cm³/mol. The van der Waals surface area contributed by atoms with Gasteiger partial charge in [0, 0.05) is 31.5 Å². The number of primary amides is 1. The quantitative estimate of drug-likeness (QED) is 0.888. The predicted octanol–water partition coefficient (Wildman–Crippen LogP) is 1.77. The van der Waals surface area contributed by atoms with Crippen LogP contribution in [0.5, 0.6) is 0 Å². The van der Waals surface area contributed by atoms with E-state index in [2.05, 4.69) is 10.4 Å². The van der Waals surface area contributed by atoms with Crippen LogP contribution in [0.4, 0.5) is 14.5 Å². The van der Waals surface area contributed by atoms with Crippen molar-refractivity contribution >= 4 is 17.5 Å². The Morgan fingerprint density at radius 2 is 2.29 bits per heavy atom. The van der Waals surface area contributed by atoms with E-state index in [9.17, 15) is 18.4 Å². The zero-order valence-corrected chi connectivity index (χ0v) is 11.7. The Kier molecular flexibility index (Phi) is 4.24. The van der Waals surface area contributed by atoms with Crippen molar-refractivity contribution in [2.24, 2.45) is 11.7 Å². The Labute approximate surface area is 120 Å². The highest BCUT2D eigenvalue weighted by molar-refractivity contribution is 6.02. The van der Waals surface area contributed by atoms with Crippen LogP contribution < -0.4 is 11.1 Å². The normalized spacial score (nSPS) is 21.0. The summed E-state index contributed by atoms with van der Waals surface area (Å²) in [6.07, 6.45) is 1.54. The Morgan fingerprint density at radius 1 is 1.57 bits per heavy atom. The lowest BCUT2D eigenvalue weighted by atomic mass is 9.86. The molecular weight excluding hydrogens is 282 g/mol. The lowest BCUT2D eigenvalue weighted by Gasteiger charge is -2.27. The number of hydrogen-bond acceptors (Lipinski definition) is 3. The molecule has 1 atom stereocenters. The number of nitrogens with zero attached hydrogens (tertiary/aromatic N) is 2.